The van der Waals surface area contributed by atoms with Crippen LogP contribution >= 0.6 is 0 Å². The Morgan fingerprint density at radius 2 is 2.17 bits per heavy atom. The fourth-order valence-electron chi connectivity index (χ4n) is 2.84. The van der Waals surface area contributed by atoms with Gasteiger partial charge in [-0.05, 0) is 31.1 Å². The molecule has 106 valence electrons. The lowest BCUT2D eigenvalue weighted by Gasteiger charge is -2.20. The maximum absolute atomic E-state index is 11.6. The lowest BCUT2D eigenvalue weighted by atomic mass is 9.93. The molecule has 0 saturated heterocycles. The van der Waals surface area contributed by atoms with Crippen molar-refractivity contribution in [3.8, 4) is 0 Å². The number of amides is 1. The lowest BCUT2D eigenvalue weighted by molar-refractivity contribution is -0.120. The van der Waals surface area contributed by atoms with E-state index in [0.29, 0.717) is 31.7 Å². The van der Waals surface area contributed by atoms with E-state index in [1.54, 1.807) is 7.11 Å². The summed E-state index contributed by atoms with van der Waals surface area (Å²) in [5.41, 5.74) is 0. The van der Waals surface area contributed by atoms with Gasteiger partial charge in [0.05, 0.1) is 6.54 Å². The molecular formula is C14H28N2O2. The predicted octanol–water partition coefficient (Wildman–Crippen LogP) is 1.55. The summed E-state index contributed by atoms with van der Waals surface area (Å²) < 4.78 is 4.94. The number of hydrogen-bond donors (Lipinski definition) is 2. The number of hydrogen-bond acceptors (Lipinski definition) is 3. The molecule has 0 aromatic rings. The van der Waals surface area contributed by atoms with Gasteiger partial charge in [-0.15, -0.1) is 0 Å². The van der Waals surface area contributed by atoms with Gasteiger partial charge in [-0.3, -0.25) is 4.79 Å². The molecule has 1 aliphatic rings. The van der Waals surface area contributed by atoms with Gasteiger partial charge in [0.2, 0.25) is 5.91 Å². The smallest absolute Gasteiger partial charge is 0.233 e. The third-order valence-corrected chi connectivity index (χ3v) is 4.12. The van der Waals surface area contributed by atoms with E-state index in [1.165, 1.54) is 19.3 Å². The summed E-state index contributed by atoms with van der Waals surface area (Å²) in [5, 5.41) is 6.29. The summed E-state index contributed by atoms with van der Waals surface area (Å²) in [4.78, 5) is 11.6. The minimum absolute atomic E-state index is 0.0956. The Morgan fingerprint density at radius 3 is 2.78 bits per heavy atom. The van der Waals surface area contributed by atoms with E-state index in [4.69, 9.17) is 4.74 Å². The number of nitrogens with one attached hydrogen (secondary N) is 2. The minimum Gasteiger partial charge on any atom is -0.385 e. The van der Waals surface area contributed by atoms with Crippen LogP contribution in [-0.4, -0.2) is 38.8 Å². The minimum atomic E-state index is 0.0956. The zero-order chi connectivity index (χ0) is 13.4. The van der Waals surface area contributed by atoms with Crippen molar-refractivity contribution in [2.24, 2.45) is 11.8 Å². The number of carbonyl (C=O) groups is 1. The van der Waals surface area contributed by atoms with Crippen molar-refractivity contribution in [3.05, 3.63) is 0 Å². The molecule has 1 rings (SSSR count). The molecule has 0 radical (unpaired) electrons. The predicted molar refractivity (Wildman–Crippen MR) is 73.5 cm³/mol. The lowest BCUT2D eigenvalue weighted by Crippen LogP contribution is -2.41. The molecule has 0 aromatic heterocycles. The van der Waals surface area contributed by atoms with E-state index in [0.717, 1.165) is 12.3 Å². The molecule has 1 saturated carbocycles. The first-order chi connectivity index (χ1) is 8.69. The Bertz CT molecular complexity index is 246. The summed E-state index contributed by atoms with van der Waals surface area (Å²) in [5.74, 6) is 1.61. The summed E-state index contributed by atoms with van der Waals surface area (Å²) in [6, 6.07) is 0.514. The van der Waals surface area contributed by atoms with E-state index in [2.05, 4.69) is 24.5 Å². The summed E-state index contributed by atoms with van der Waals surface area (Å²) >= 11 is 0. The molecule has 0 aromatic carbocycles. The SMILES string of the molecule is CCC1CCC(NCC(=O)NCCCOC)C1C. The second-order valence-corrected chi connectivity index (χ2v) is 5.29. The van der Waals surface area contributed by atoms with Crippen molar-refractivity contribution in [1.29, 1.82) is 0 Å². The highest BCUT2D eigenvalue weighted by Gasteiger charge is 2.31. The van der Waals surface area contributed by atoms with Crippen LogP contribution in [0, 0.1) is 11.8 Å². The topological polar surface area (TPSA) is 50.4 Å². The molecule has 0 aliphatic heterocycles. The zero-order valence-corrected chi connectivity index (χ0v) is 12.0. The third-order valence-electron chi connectivity index (χ3n) is 4.12. The van der Waals surface area contributed by atoms with Gasteiger partial charge in [0.25, 0.3) is 0 Å². The first kappa shape index (κ1) is 15.4. The molecule has 1 amide bonds. The monoisotopic (exact) mass is 256 g/mol. The van der Waals surface area contributed by atoms with Crippen molar-refractivity contribution in [3.63, 3.8) is 0 Å². The molecule has 3 atom stereocenters. The molecule has 4 heteroatoms. The number of methoxy groups -OCH3 is 1. The molecule has 1 aliphatic carbocycles. The molecule has 18 heavy (non-hydrogen) atoms. The molecule has 0 bridgehead atoms. The highest BCUT2D eigenvalue weighted by atomic mass is 16.5. The van der Waals surface area contributed by atoms with Crippen LogP contribution in [0.3, 0.4) is 0 Å². The summed E-state index contributed by atoms with van der Waals surface area (Å²) in [6.07, 6.45) is 4.63. The highest BCUT2D eigenvalue weighted by molar-refractivity contribution is 5.77. The average Bonchev–Trinajstić information content (AvgIpc) is 2.73. The fraction of sp³-hybridized carbons (Fsp3) is 0.929. The summed E-state index contributed by atoms with van der Waals surface area (Å²) in [6.45, 7) is 6.40. The summed E-state index contributed by atoms with van der Waals surface area (Å²) in [7, 11) is 1.68. The normalized spacial score (nSPS) is 27.4. The number of rotatable bonds is 8. The largest absolute Gasteiger partial charge is 0.385 e. The van der Waals surface area contributed by atoms with E-state index in [9.17, 15) is 4.79 Å². The van der Waals surface area contributed by atoms with E-state index in [1.807, 2.05) is 0 Å². The second kappa shape index (κ2) is 8.48. The molecular weight excluding hydrogens is 228 g/mol. The van der Waals surface area contributed by atoms with E-state index >= 15 is 0 Å². The van der Waals surface area contributed by atoms with Crippen LogP contribution in [0.5, 0.6) is 0 Å². The first-order valence-corrected chi connectivity index (χ1v) is 7.18. The van der Waals surface area contributed by atoms with Crippen molar-refractivity contribution < 1.29 is 9.53 Å². The number of carbonyl (C=O) groups excluding carboxylic acids is 1. The molecule has 3 unspecified atom stereocenters. The Morgan fingerprint density at radius 1 is 1.39 bits per heavy atom. The van der Waals surface area contributed by atoms with Gasteiger partial charge in [0.1, 0.15) is 0 Å². The first-order valence-electron chi connectivity index (χ1n) is 7.18. The van der Waals surface area contributed by atoms with Gasteiger partial charge in [-0.2, -0.15) is 0 Å². The zero-order valence-electron chi connectivity index (χ0n) is 12.0. The fourth-order valence-corrected chi connectivity index (χ4v) is 2.84. The van der Waals surface area contributed by atoms with Crippen LogP contribution in [0.25, 0.3) is 0 Å². The Hall–Kier alpha value is -0.610. The Balaban J connectivity index is 2.11. The molecule has 1 fully saturated rings. The average molecular weight is 256 g/mol. The van der Waals surface area contributed by atoms with Gasteiger partial charge < -0.3 is 15.4 Å². The third kappa shape index (κ3) is 4.94. The standard InChI is InChI=1S/C14H28N2O2/c1-4-12-6-7-13(11(12)2)16-10-14(17)15-8-5-9-18-3/h11-13,16H,4-10H2,1-3H3,(H,15,17). The van der Waals surface area contributed by atoms with Crippen LogP contribution in [0.2, 0.25) is 0 Å². The van der Waals surface area contributed by atoms with Crippen molar-refractivity contribution >= 4 is 5.91 Å². The van der Waals surface area contributed by atoms with Gasteiger partial charge in [0.15, 0.2) is 0 Å². The van der Waals surface area contributed by atoms with Gasteiger partial charge in [0, 0.05) is 26.3 Å². The quantitative estimate of drug-likeness (QED) is 0.648. The van der Waals surface area contributed by atoms with Gasteiger partial charge >= 0.3 is 0 Å². The maximum atomic E-state index is 11.6. The second-order valence-electron chi connectivity index (χ2n) is 5.29. The molecule has 4 nitrogen and oxygen atoms in total. The highest BCUT2D eigenvalue weighted by Crippen LogP contribution is 2.33. The molecule has 2 N–H and O–H groups in total. The van der Waals surface area contributed by atoms with Gasteiger partial charge in [-0.25, -0.2) is 0 Å². The number of ether oxygens (including phenoxy) is 1. The van der Waals surface area contributed by atoms with Crippen LogP contribution in [0.1, 0.15) is 39.5 Å². The molecule has 0 spiro atoms. The van der Waals surface area contributed by atoms with Gasteiger partial charge in [-0.1, -0.05) is 20.3 Å². The van der Waals surface area contributed by atoms with E-state index < -0.39 is 0 Å². The van der Waals surface area contributed by atoms with Crippen molar-refractivity contribution in [2.45, 2.75) is 45.6 Å². The van der Waals surface area contributed by atoms with Crippen LogP contribution in [0.15, 0.2) is 0 Å². The van der Waals surface area contributed by atoms with E-state index in [-0.39, 0.29) is 5.91 Å². The maximum Gasteiger partial charge on any atom is 0.233 e. The van der Waals surface area contributed by atoms with Crippen LogP contribution in [0.4, 0.5) is 0 Å². The Kier molecular flexibility index (Phi) is 7.28. The van der Waals surface area contributed by atoms with Crippen molar-refractivity contribution in [1.82, 2.24) is 10.6 Å². The van der Waals surface area contributed by atoms with Crippen LogP contribution in [-0.2, 0) is 9.53 Å². The Labute approximate surface area is 111 Å². The molecule has 0 heterocycles. The van der Waals surface area contributed by atoms with Crippen molar-refractivity contribution in [2.75, 3.05) is 26.8 Å². The van der Waals surface area contributed by atoms with Crippen LogP contribution < -0.4 is 10.6 Å².